The number of benzene rings is 1. The lowest BCUT2D eigenvalue weighted by atomic mass is 9.87. The predicted octanol–water partition coefficient (Wildman–Crippen LogP) is 4.05. The minimum absolute atomic E-state index is 0.0536. The molecule has 0 radical (unpaired) electrons. The Balaban J connectivity index is 1.57. The van der Waals surface area contributed by atoms with Gasteiger partial charge in [0, 0.05) is 23.8 Å². The maximum atomic E-state index is 11.4. The summed E-state index contributed by atoms with van der Waals surface area (Å²) in [6, 6.07) is 8.50. The summed E-state index contributed by atoms with van der Waals surface area (Å²) >= 11 is 0. The van der Waals surface area contributed by atoms with Gasteiger partial charge in [0.25, 0.3) is 0 Å². The highest BCUT2D eigenvalue weighted by Gasteiger charge is 2.38. The van der Waals surface area contributed by atoms with E-state index in [1.54, 1.807) is 0 Å². The van der Waals surface area contributed by atoms with Crippen LogP contribution in [0.15, 0.2) is 36.4 Å². The molecule has 1 aromatic rings. The molecule has 1 saturated carbocycles. The van der Waals surface area contributed by atoms with Gasteiger partial charge >= 0.3 is 0 Å². The molecule has 3 rings (SSSR count). The summed E-state index contributed by atoms with van der Waals surface area (Å²) in [5.41, 5.74) is 1.99. The zero-order valence-electron chi connectivity index (χ0n) is 12.8. The van der Waals surface area contributed by atoms with Crippen LogP contribution in [0.5, 0.6) is 0 Å². The summed E-state index contributed by atoms with van der Waals surface area (Å²) in [7, 11) is 0. The van der Waals surface area contributed by atoms with Crippen molar-refractivity contribution in [2.75, 3.05) is 10.6 Å². The quantitative estimate of drug-likeness (QED) is 0.801. The minimum atomic E-state index is 0.0536. The van der Waals surface area contributed by atoms with E-state index in [4.69, 9.17) is 0 Å². The smallest absolute Gasteiger partial charge is 0.224 e. The molecular weight excluding hydrogens is 260 g/mol. The summed E-state index contributed by atoms with van der Waals surface area (Å²) in [5, 5.41) is 6.49. The van der Waals surface area contributed by atoms with E-state index < -0.39 is 0 Å². The lowest BCUT2D eigenvalue weighted by Gasteiger charge is -2.27. The zero-order chi connectivity index (χ0) is 14.8. The van der Waals surface area contributed by atoms with Crippen molar-refractivity contribution in [1.29, 1.82) is 0 Å². The molecule has 2 aliphatic carbocycles. The fourth-order valence-corrected chi connectivity index (χ4v) is 3.67. The van der Waals surface area contributed by atoms with Crippen LogP contribution in [0, 0.1) is 17.8 Å². The van der Waals surface area contributed by atoms with Crippen LogP contribution < -0.4 is 10.6 Å². The van der Waals surface area contributed by atoms with Gasteiger partial charge in [0.05, 0.1) is 0 Å². The molecule has 0 aromatic heterocycles. The average Bonchev–Trinajstić information content (AvgIpc) is 3.12. The van der Waals surface area contributed by atoms with Crippen LogP contribution in [-0.2, 0) is 4.79 Å². The van der Waals surface area contributed by atoms with Gasteiger partial charge in [-0.1, -0.05) is 19.1 Å². The fraction of sp³-hybridized carbons (Fsp3) is 0.500. The van der Waals surface area contributed by atoms with E-state index in [2.05, 4.69) is 29.7 Å². The first-order valence-corrected chi connectivity index (χ1v) is 8.00. The Morgan fingerprint density at radius 3 is 2.48 bits per heavy atom. The number of carbonyl (C=O) groups is 1. The molecule has 1 amide bonds. The molecule has 0 aliphatic heterocycles. The van der Waals surface area contributed by atoms with Gasteiger partial charge in [-0.15, -0.1) is 0 Å². The highest BCUT2D eigenvalue weighted by atomic mass is 16.1. The minimum Gasteiger partial charge on any atom is -0.382 e. The SMILES string of the molecule is CCC(=O)Nc1ccc(NC(C)C2CC3C=CC2C3)cc1. The number of hydrogen-bond donors (Lipinski definition) is 2. The number of hydrogen-bond acceptors (Lipinski definition) is 2. The predicted molar refractivity (Wildman–Crippen MR) is 87.3 cm³/mol. The van der Waals surface area contributed by atoms with Gasteiger partial charge < -0.3 is 10.6 Å². The summed E-state index contributed by atoms with van der Waals surface area (Å²) in [5.74, 6) is 2.38. The maximum absolute atomic E-state index is 11.4. The molecule has 2 bridgehead atoms. The van der Waals surface area contributed by atoms with E-state index in [0.717, 1.165) is 29.1 Å². The Bertz CT molecular complexity index is 535. The van der Waals surface area contributed by atoms with Crippen molar-refractivity contribution in [3.05, 3.63) is 36.4 Å². The molecule has 4 atom stereocenters. The van der Waals surface area contributed by atoms with Crippen molar-refractivity contribution in [3.8, 4) is 0 Å². The number of rotatable bonds is 5. The van der Waals surface area contributed by atoms with Crippen molar-refractivity contribution < 1.29 is 4.79 Å². The van der Waals surface area contributed by atoms with Gasteiger partial charge in [-0.3, -0.25) is 4.79 Å². The average molecular weight is 284 g/mol. The third-order valence-electron chi connectivity index (χ3n) is 4.86. The number of allylic oxidation sites excluding steroid dienone is 2. The van der Waals surface area contributed by atoms with Crippen LogP contribution in [0.4, 0.5) is 11.4 Å². The number of fused-ring (bicyclic) bond motifs is 2. The summed E-state index contributed by atoms with van der Waals surface area (Å²) < 4.78 is 0. The Labute approximate surface area is 126 Å². The summed E-state index contributed by atoms with van der Waals surface area (Å²) in [6.07, 6.45) is 7.97. The van der Waals surface area contributed by atoms with E-state index in [-0.39, 0.29) is 5.91 Å². The highest BCUT2D eigenvalue weighted by molar-refractivity contribution is 5.90. The van der Waals surface area contributed by atoms with Gasteiger partial charge in [0.15, 0.2) is 0 Å². The number of amides is 1. The van der Waals surface area contributed by atoms with Gasteiger partial charge in [0.1, 0.15) is 0 Å². The molecule has 0 saturated heterocycles. The van der Waals surface area contributed by atoms with Gasteiger partial charge in [0.2, 0.25) is 5.91 Å². The number of anilines is 2. The summed E-state index contributed by atoms with van der Waals surface area (Å²) in [4.78, 5) is 11.4. The summed E-state index contributed by atoms with van der Waals surface area (Å²) in [6.45, 7) is 4.14. The van der Waals surface area contributed by atoms with Crippen LogP contribution in [0.2, 0.25) is 0 Å². The molecule has 0 heterocycles. The lowest BCUT2D eigenvalue weighted by molar-refractivity contribution is -0.115. The van der Waals surface area contributed by atoms with E-state index in [9.17, 15) is 4.79 Å². The maximum Gasteiger partial charge on any atom is 0.224 e. The third-order valence-corrected chi connectivity index (χ3v) is 4.86. The standard InChI is InChI=1S/C18H24N2O/c1-3-18(21)20-16-8-6-15(7-9-16)19-12(2)17-11-13-4-5-14(17)10-13/h4-9,12-14,17,19H,3,10-11H2,1-2H3,(H,20,21). The second-order valence-electron chi connectivity index (χ2n) is 6.36. The topological polar surface area (TPSA) is 41.1 Å². The van der Waals surface area contributed by atoms with Crippen molar-refractivity contribution >= 4 is 17.3 Å². The number of nitrogens with one attached hydrogen (secondary N) is 2. The van der Waals surface area contributed by atoms with Crippen LogP contribution >= 0.6 is 0 Å². The zero-order valence-corrected chi connectivity index (χ0v) is 12.8. The first-order chi connectivity index (χ1) is 10.2. The Hall–Kier alpha value is -1.77. The van der Waals surface area contributed by atoms with Crippen molar-refractivity contribution in [2.24, 2.45) is 17.8 Å². The van der Waals surface area contributed by atoms with E-state index in [1.807, 2.05) is 31.2 Å². The number of carbonyl (C=O) groups excluding carboxylic acids is 1. The molecule has 4 unspecified atom stereocenters. The van der Waals surface area contributed by atoms with Crippen LogP contribution in [-0.4, -0.2) is 11.9 Å². The molecule has 2 N–H and O–H groups in total. The lowest BCUT2D eigenvalue weighted by Crippen LogP contribution is -2.28. The molecular formula is C18H24N2O. The molecule has 3 nitrogen and oxygen atoms in total. The molecule has 112 valence electrons. The Morgan fingerprint density at radius 1 is 1.19 bits per heavy atom. The molecule has 0 spiro atoms. The third kappa shape index (κ3) is 3.12. The van der Waals surface area contributed by atoms with Crippen LogP contribution in [0.25, 0.3) is 0 Å². The van der Waals surface area contributed by atoms with Crippen molar-refractivity contribution in [1.82, 2.24) is 0 Å². The molecule has 21 heavy (non-hydrogen) atoms. The largest absolute Gasteiger partial charge is 0.382 e. The van der Waals surface area contributed by atoms with Crippen LogP contribution in [0.3, 0.4) is 0 Å². The normalized spacial score (nSPS) is 27.6. The Kier molecular flexibility index (Phi) is 4.00. The van der Waals surface area contributed by atoms with E-state index >= 15 is 0 Å². The molecule has 2 aliphatic rings. The van der Waals surface area contributed by atoms with Crippen LogP contribution in [0.1, 0.15) is 33.1 Å². The second kappa shape index (κ2) is 5.92. The highest BCUT2D eigenvalue weighted by Crippen LogP contribution is 2.45. The first kappa shape index (κ1) is 14.2. The van der Waals surface area contributed by atoms with E-state index in [1.165, 1.54) is 12.8 Å². The van der Waals surface area contributed by atoms with Gasteiger partial charge in [-0.2, -0.15) is 0 Å². The molecule has 1 aromatic carbocycles. The van der Waals surface area contributed by atoms with Crippen molar-refractivity contribution in [3.63, 3.8) is 0 Å². The molecule has 1 fully saturated rings. The van der Waals surface area contributed by atoms with Gasteiger partial charge in [-0.05, 0) is 61.8 Å². The first-order valence-electron chi connectivity index (χ1n) is 8.00. The van der Waals surface area contributed by atoms with E-state index in [0.29, 0.717) is 12.5 Å². The monoisotopic (exact) mass is 284 g/mol. The fourth-order valence-electron chi connectivity index (χ4n) is 3.67. The second-order valence-corrected chi connectivity index (χ2v) is 6.36. The Morgan fingerprint density at radius 2 is 1.90 bits per heavy atom. The molecule has 3 heteroatoms. The van der Waals surface area contributed by atoms with Crippen molar-refractivity contribution in [2.45, 2.75) is 39.2 Å². The van der Waals surface area contributed by atoms with Gasteiger partial charge in [-0.25, -0.2) is 0 Å².